The SMILES string of the molecule is NCCC(Oc1cccc(Cl)c1)c1ccccc1. The lowest BCUT2D eigenvalue weighted by molar-refractivity contribution is 0.198. The van der Waals surface area contributed by atoms with Crippen LogP contribution in [0, 0.1) is 0 Å². The van der Waals surface area contributed by atoms with E-state index in [1.54, 1.807) is 0 Å². The average Bonchev–Trinajstić information content (AvgIpc) is 2.39. The molecule has 2 rings (SSSR count). The lowest BCUT2D eigenvalue weighted by Crippen LogP contribution is -2.13. The van der Waals surface area contributed by atoms with E-state index in [0.29, 0.717) is 11.6 Å². The molecule has 2 N–H and O–H groups in total. The quantitative estimate of drug-likeness (QED) is 0.888. The molecule has 2 aromatic carbocycles. The van der Waals surface area contributed by atoms with Crippen molar-refractivity contribution in [1.29, 1.82) is 0 Å². The van der Waals surface area contributed by atoms with Crippen LogP contribution in [0.25, 0.3) is 0 Å². The molecule has 0 radical (unpaired) electrons. The third-order valence-corrected chi connectivity index (χ3v) is 2.91. The van der Waals surface area contributed by atoms with E-state index in [4.69, 9.17) is 22.1 Å². The van der Waals surface area contributed by atoms with Crippen LogP contribution in [0.2, 0.25) is 5.02 Å². The molecular weight excluding hydrogens is 246 g/mol. The summed E-state index contributed by atoms with van der Waals surface area (Å²) in [7, 11) is 0. The van der Waals surface area contributed by atoms with Gasteiger partial charge in [0, 0.05) is 11.4 Å². The highest BCUT2D eigenvalue weighted by atomic mass is 35.5. The molecule has 18 heavy (non-hydrogen) atoms. The molecule has 2 nitrogen and oxygen atoms in total. The molecule has 1 atom stereocenters. The van der Waals surface area contributed by atoms with Crippen molar-refractivity contribution in [2.45, 2.75) is 12.5 Å². The second-order valence-electron chi connectivity index (χ2n) is 4.05. The van der Waals surface area contributed by atoms with Crippen LogP contribution in [0.4, 0.5) is 0 Å². The van der Waals surface area contributed by atoms with Crippen LogP contribution in [0.5, 0.6) is 5.75 Å². The zero-order valence-corrected chi connectivity index (χ0v) is 10.8. The van der Waals surface area contributed by atoms with E-state index < -0.39 is 0 Å². The molecule has 0 saturated carbocycles. The fraction of sp³-hybridized carbons (Fsp3) is 0.200. The number of hydrogen-bond acceptors (Lipinski definition) is 2. The summed E-state index contributed by atoms with van der Waals surface area (Å²) in [5, 5.41) is 0.673. The van der Waals surface area contributed by atoms with Gasteiger partial charge in [0.05, 0.1) is 0 Å². The third-order valence-electron chi connectivity index (χ3n) is 2.67. The van der Waals surface area contributed by atoms with Gasteiger partial charge in [-0.3, -0.25) is 0 Å². The summed E-state index contributed by atoms with van der Waals surface area (Å²) in [5.74, 6) is 0.768. The summed E-state index contributed by atoms with van der Waals surface area (Å²) in [6.45, 7) is 0.583. The fourth-order valence-corrected chi connectivity index (χ4v) is 2.00. The Morgan fingerprint density at radius 1 is 1.06 bits per heavy atom. The second kappa shape index (κ2) is 6.43. The smallest absolute Gasteiger partial charge is 0.125 e. The van der Waals surface area contributed by atoms with Gasteiger partial charge in [0.1, 0.15) is 11.9 Å². The minimum Gasteiger partial charge on any atom is -0.486 e. The maximum Gasteiger partial charge on any atom is 0.125 e. The standard InChI is InChI=1S/C15H16ClNO/c16-13-7-4-8-14(11-13)18-15(9-10-17)12-5-2-1-3-6-12/h1-8,11,15H,9-10,17H2. The number of halogens is 1. The number of hydrogen-bond donors (Lipinski definition) is 1. The van der Waals surface area contributed by atoms with E-state index in [0.717, 1.165) is 17.7 Å². The molecule has 2 aromatic rings. The molecule has 0 amide bonds. The number of benzene rings is 2. The van der Waals surface area contributed by atoms with Crippen LogP contribution in [0.3, 0.4) is 0 Å². The Bertz CT molecular complexity index is 487. The monoisotopic (exact) mass is 261 g/mol. The molecule has 0 aliphatic carbocycles. The first-order valence-electron chi connectivity index (χ1n) is 5.97. The second-order valence-corrected chi connectivity index (χ2v) is 4.49. The Kier molecular flexibility index (Phi) is 4.62. The van der Waals surface area contributed by atoms with Gasteiger partial charge >= 0.3 is 0 Å². The lowest BCUT2D eigenvalue weighted by Gasteiger charge is -2.19. The van der Waals surface area contributed by atoms with Gasteiger partial charge in [-0.05, 0) is 30.3 Å². The molecule has 3 heteroatoms. The maximum absolute atomic E-state index is 5.96. The maximum atomic E-state index is 5.96. The zero-order chi connectivity index (χ0) is 12.8. The van der Waals surface area contributed by atoms with Crippen molar-refractivity contribution >= 4 is 11.6 Å². The van der Waals surface area contributed by atoms with Gasteiger partial charge in [-0.1, -0.05) is 48.0 Å². The van der Waals surface area contributed by atoms with Crippen molar-refractivity contribution in [2.75, 3.05) is 6.54 Å². The topological polar surface area (TPSA) is 35.2 Å². The van der Waals surface area contributed by atoms with E-state index >= 15 is 0 Å². The summed E-state index contributed by atoms with van der Waals surface area (Å²) in [6, 6.07) is 17.5. The van der Waals surface area contributed by atoms with Crippen molar-refractivity contribution in [3.05, 3.63) is 65.2 Å². The highest BCUT2D eigenvalue weighted by Gasteiger charge is 2.12. The van der Waals surface area contributed by atoms with Gasteiger partial charge in [-0.2, -0.15) is 0 Å². The van der Waals surface area contributed by atoms with Crippen LogP contribution in [0.15, 0.2) is 54.6 Å². The molecule has 0 aliphatic heterocycles. The summed E-state index contributed by atoms with van der Waals surface area (Å²) in [5.41, 5.74) is 6.77. The predicted molar refractivity (Wildman–Crippen MR) is 74.9 cm³/mol. The third kappa shape index (κ3) is 3.49. The molecule has 0 heterocycles. The minimum absolute atomic E-state index is 0.0327. The normalized spacial score (nSPS) is 12.1. The summed E-state index contributed by atoms with van der Waals surface area (Å²) < 4.78 is 5.96. The highest BCUT2D eigenvalue weighted by molar-refractivity contribution is 6.30. The Labute approximate surface area is 112 Å². The number of ether oxygens (including phenoxy) is 1. The first kappa shape index (κ1) is 12.9. The van der Waals surface area contributed by atoms with Gasteiger partial charge in [0.15, 0.2) is 0 Å². The van der Waals surface area contributed by atoms with Crippen LogP contribution in [0.1, 0.15) is 18.1 Å². The Morgan fingerprint density at radius 3 is 2.50 bits per heavy atom. The van der Waals surface area contributed by atoms with Crippen molar-refractivity contribution in [3.63, 3.8) is 0 Å². The first-order valence-corrected chi connectivity index (χ1v) is 6.34. The number of rotatable bonds is 5. The molecule has 1 unspecified atom stereocenters. The van der Waals surface area contributed by atoms with Gasteiger partial charge in [-0.15, -0.1) is 0 Å². The van der Waals surface area contributed by atoms with E-state index in [1.807, 2.05) is 54.6 Å². The zero-order valence-electron chi connectivity index (χ0n) is 10.1. The Balaban J connectivity index is 2.16. The predicted octanol–water partition coefficient (Wildman–Crippen LogP) is 3.81. The molecule has 0 aromatic heterocycles. The van der Waals surface area contributed by atoms with Crippen molar-refractivity contribution in [3.8, 4) is 5.75 Å². The Morgan fingerprint density at radius 2 is 1.83 bits per heavy atom. The largest absolute Gasteiger partial charge is 0.486 e. The Hall–Kier alpha value is -1.51. The average molecular weight is 262 g/mol. The van der Waals surface area contributed by atoms with Crippen molar-refractivity contribution in [2.24, 2.45) is 5.73 Å². The van der Waals surface area contributed by atoms with Crippen molar-refractivity contribution in [1.82, 2.24) is 0 Å². The minimum atomic E-state index is -0.0327. The first-order chi connectivity index (χ1) is 8.79. The molecule has 0 aliphatic rings. The summed E-state index contributed by atoms with van der Waals surface area (Å²) in [4.78, 5) is 0. The van der Waals surface area contributed by atoms with E-state index in [1.165, 1.54) is 0 Å². The molecule has 94 valence electrons. The summed E-state index contributed by atoms with van der Waals surface area (Å²) >= 11 is 5.95. The van der Waals surface area contributed by atoms with E-state index in [2.05, 4.69) is 0 Å². The van der Waals surface area contributed by atoms with E-state index in [-0.39, 0.29) is 6.10 Å². The van der Waals surface area contributed by atoms with Crippen LogP contribution in [-0.4, -0.2) is 6.54 Å². The molecule has 0 spiro atoms. The van der Waals surface area contributed by atoms with E-state index in [9.17, 15) is 0 Å². The van der Waals surface area contributed by atoms with Crippen LogP contribution >= 0.6 is 11.6 Å². The highest BCUT2D eigenvalue weighted by Crippen LogP contribution is 2.26. The fourth-order valence-electron chi connectivity index (χ4n) is 1.82. The van der Waals surface area contributed by atoms with Gasteiger partial charge in [0.2, 0.25) is 0 Å². The van der Waals surface area contributed by atoms with Crippen LogP contribution < -0.4 is 10.5 Å². The van der Waals surface area contributed by atoms with Gasteiger partial charge in [-0.25, -0.2) is 0 Å². The van der Waals surface area contributed by atoms with Gasteiger partial charge in [0.25, 0.3) is 0 Å². The molecule has 0 fully saturated rings. The molecular formula is C15H16ClNO. The molecule has 0 bridgehead atoms. The molecule has 0 saturated heterocycles. The lowest BCUT2D eigenvalue weighted by atomic mass is 10.1. The summed E-state index contributed by atoms with van der Waals surface area (Å²) in [6.07, 6.45) is 0.742. The number of nitrogens with two attached hydrogens (primary N) is 1. The van der Waals surface area contributed by atoms with Crippen molar-refractivity contribution < 1.29 is 4.74 Å². The van der Waals surface area contributed by atoms with Gasteiger partial charge < -0.3 is 10.5 Å². The van der Waals surface area contributed by atoms with Crippen LogP contribution in [-0.2, 0) is 0 Å².